The average molecular weight is 548 g/mol. The van der Waals surface area contributed by atoms with Crippen molar-refractivity contribution in [1.82, 2.24) is 10.2 Å². The molecule has 7 heteroatoms. The van der Waals surface area contributed by atoms with Crippen molar-refractivity contribution < 1.29 is 9.47 Å². The Labute approximate surface area is 203 Å². The fraction of sp³-hybridized carbons (Fsp3) is 0.783. The molecule has 3 fully saturated rings. The second-order valence-corrected chi connectivity index (χ2v) is 9.82. The Hall–Kier alpha value is -0.380. The minimum absolute atomic E-state index is 0. The molecular formula is C23H38IN3O2S. The van der Waals surface area contributed by atoms with Gasteiger partial charge in [0.05, 0.1) is 18.8 Å². The molecule has 4 rings (SSSR count). The number of guanidine groups is 1. The number of piperidine rings is 1. The summed E-state index contributed by atoms with van der Waals surface area (Å²) in [6.07, 6.45) is 11.8. The first-order chi connectivity index (χ1) is 14.3. The molecule has 1 N–H and O–H groups in total. The molecule has 1 aromatic heterocycles. The van der Waals surface area contributed by atoms with Crippen LogP contribution in [0.4, 0.5) is 0 Å². The fourth-order valence-electron chi connectivity index (χ4n) is 5.15. The summed E-state index contributed by atoms with van der Waals surface area (Å²) in [6, 6.07) is 4.53. The van der Waals surface area contributed by atoms with Crippen LogP contribution in [0.25, 0.3) is 0 Å². The maximum Gasteiger partial charge on any atom is 0.193 e. The zero-order chi connectivity index (χ0) is 19.9. The van der Waals surface area contributed by atoms with E-state index in [1.807, 2.05) is 18.4 Å². The standard InChI is InChI=1S/C23H37N3O2S.HI/c1-24-22(25-18-23(11-3-2-4-12-23)21-8-6-16-29-21)26-13-9-19(10-14-26)28-17-20-7-5-15-27-20;/h6,8,16,19-20H,2-5,7,9-15,17-18H2,1H3,(H,24,25);1H. The molecule has 1 atom stereocenters. The van der Waals surface area contributed by atoms with E-state index in [2.05, 4.69) is 32.7 Å². The van der Waals surface area contributed by atoms with Crippen LogP contribution in [0.3, 0.4) is 0 Å². The van der Waals surface area contributed by atoms with Gasteiger partial charge in [-0.05, 0) is 50.0 Å². The Bertz CT molecular complexity index is 635. The van der Waals surface area contributed by atoms with E-state index in [9.17, 15) is 0 Å². The summed E-state index contributed by atoms with van der Waals surface area (Å²) in [7, 11) is 1.92. The number of hydrogen-bond acceptors (Lipinski definition) is 4. The van der Waals surface area contributed by atoms with Crippen molar-refractivity contribution in [2.24, 2.45) is 4.99 Å². The molecule has 30 heavy (non-hydrogen) atoms. The molecule has 2 saturated heterocycles. The third-order valence-corrected chi connectivity index (χ3v) is 8.05. The smallest absolute Gasteiger partial charge is 0.193 e. The Kier molecular flexibility index (Phi) is 9.72. The van der Waals surface area contributed by atoms with Crippen LogP contribution < -0.4 is 5.32 Å². The van der Waals surface area contributed by atoms with E-state index >= 15 is 0 Å². The molecule has 0 spiro atoms. The molecule has 3 heterocycles. The second-order valence-electron chi connectivity index (χ2n) is 8.87. The number of thiophene rings is 1. The van der Waals surface area contributed by atoms with Crippen LogP contribution in [0.1, 0.15) is 62.7 Å². The summed E-state index contributed by atoms with van der Waals surface area (Å²) in [4.78, 5) is 8.57. The number of likely N-dealkylation sites (tertiary alicyclic amines) is 1. The first-order valence-electron chi connectivity index (χ1n) is 11.5. The van der Waals surface area contributed by atoms with Gasteiger partial charge in [-0.1, -0.05) is 25.3 Å². The van der Waals surface area contributed by atoms with Crippen LogP contribution in [0.15, 0.2) is 22.5 Å². The van der Waals surface area contributed by atoms with Crippen LogP contribution in [-0.2, 0) is 14.9 Å². The molecule has 2 aliphatic heterocycles. The maximum atomic E-state index is 6.14. The second kappa shape index (κ2) is 12.0. The van der Waals surface area contributed by atoms with Gasteiger partial charge in [0.15, 0.2) is 5.96 Å². The lowest BCUT2D eigenvalue weighted by atomic mass is 9.73. The fourth-order valence-corrected chi connectivity index (χ4v) is 6.14. The van der Waals surface area contributed by atoms with Gasteiger partial charge in [-0.3, -0.25) is 4.99 Å². The highest BCUT2D eigenvalue weighted by molar-refractivity contribution is 14.0. The highest BCUT2D eigenvalue weighted by atomic mass is 127. The molecule has 5 nitrogen and oxygen atoms in total. The van der Waals surface area contributed by atoms with Crippen molar-refractivity contribution in [3.05, 3.63) is 22.4 Å². The molecule has 0 radical (unpaired) electrons. The molecule has 0 aromatic carbocycles. The number of nitrogens with zero attached hydrogens (tertiary/aromatic N) is 2. The monoisotopic (exact) mass is 547 g/mol. The molecule has 1 aliphatic carbocycles. The minimum Gasteiger partial charge on any atom is -0.376 e. The predicted octanol–water partition coefficient (Wildman–Crippen LogP) is 4.80. The van der Waals surface area contributed by atoms with Crippen LogP contribution in [0.5, 0.6) is 0 Å². The van der Waals surface area contributed by atoms with Crippen LogP contribution in [-0.4, -0.2) is 63.0 Å². The lowest BCUT2D eigenvalue weighted by Gasteiger charge is -2.39. The normalized spacial score (nSPS) is 25.2. The van der Waals surface area contributed by atoms with Gasteiger partial charge in [-0.15, -0.1) is 35.3 Å². The molecule has 1 saturated carbocycles. The Morgan fingerprint density at radius 2 is 2.03 bits per heavy atom. The van der Waals surface area contributed by atoms with Gasteiger partial charge >= 0.3 is 0 Å². The van der Waals surface area contributed by atoms with Gasteiger partial charge in [0.1, 0.15) is 0 Å². The van der Waals surface area contributed by atoms with E-state index in [-0.39, 0.29) is 29.4 Å². The topological polar surface area (TPSA) is 46.1 Å². The highest BCUT2D eigenvalue weighted by Gasteiger charge is 2.35. The average Bonchev–Trinajstić information content (AvgIpc) is 3.49. The largest absolute Gasteiger partial charge is 0.376 e. The van der Waals surface area contributed by atoms with Crippen molar-refractivity contribution >= 4 is 41.3 Å². The first kappa shape index (κ1) is 24.3. The number of rotatable bonds is 6. The number of hydrogen-bond donors (Lipinski definition) is 1. The van der Waals surface area contributed by atoms with Crippen molar-refractivity contribution in [3.63, 3.8) is 0 Å². The number of aliphatic imine (C=N–C) groups is 1. The lowest BCUT2D eigenvalue weighted by Crippen LogP contribution is -2.50. The molecular weight excluding hydrogens is 509 g/mol. The summed E-state index contributed by atoms with van der Waals surface area (Å²) in [6.45, 7) is 4.70. The third-order valence-electron chi connectivity index (χ3n) is 6.93. The summed E-state index contributed by atoms with van der Waals surface area (Å²) in [5.74, 6) is 1.06. The maximum absolute atomic E-state index is 6.14. The van der Waals surface area contributed by atoms with Gasteiger partial charge in [-0.2, -0.15) is 0 Å². The Morgan fingerprint density at radius 3 is 2.67 bits per heavy atom. The van der Waals surface area contributed by atoms with Crippen LogP contribution in [0, 0.1) is 0 Å². The zero-order valence-corrected chi connectivity index (χ0v) is 21.5. The van der Waals surface area contributed by atoms with E-state index in [1.54, 1.807) is 4.88 Å². The highest BCUT2D eigenvalue weighted by Crippen LogP contribution is 2.41. The van der Waals surface area contributed by atoms with E-state index in [1.165, 1.54) is 38.5 Å². The number of nitrogens with one attached hydrogen (secondary N) is 1. The van der Waals surface area contributed by atoms with Crippen molar-refractivity contribution in [2.75, 3.05) is 39.9 Å². The molecule has 0 bridgehead atoms. The molecule has 3 aliphatic rings. The summed E-state index contributed by atoms with van der Waals surface area (Å²) in [5, 5.41) is 5.98. The van der Waals surface area contributed by atoms with E-state index in [0.717, 1.165) is 58.1 Å². The van der Waals surface area contributed by atoms with Gasteiger partial charge < -0.3 is 19.7 Å². The van der Waals surface area contributed by atoms with Crippen molar-refractivity contribution in [2.45, 2.75) is 75.4 Å². The summed E-state index contributed by atoms with van der Waals surface area (Å²) in [5.41, 5.74) is 0.283. The van der Waals surface area contributed by atoms with Gasteiger partial charge in [0.25, 0.3) is 0 Å². The quantitative estimate of drug-likeness (QED) is 0.316. The SMILES string of the molecule is CN=C(NCC1(c2cccs2)CCCCC1)N1CCC(OCC2CCCO2)CC1.I. The molecule has 0 amide bonds. The van der Waals surface area contributed by atoms with E-state index in [4.69, 9.17) is 9.47 Å². The zero-order valence-electron chi connectivity index (χ0n) is 18.3. The Morgan fingerprint density at radius 1 is 1.23 bits per heavy atom. The van der Waals surface area contributed by atoms with E-state index in [0.29, 0.717) is 12.2 Å². The third kappa shape index (κ3) is 6.11. The van der Waals surface area contributed by atoms with Crippen molar-refractivity contribution in [3.8, 4) is 0 Å². The molecule has 170 valence electrons. The summed E-state index contributed by atoms with van der Waals surface area (Å²) >= 11 is 1.92. The number of halogens is 1. The minimum atomic E-state index is 0. The first-order valence-corrected chi connectivity index (χ1v) is 12.4. The van der Waals surface area contributed by atoms with Gasteiger partial charge in [0.2, 0.25) is 0 Å². The Balaban J connectivity index is 0.00000256. The van der Waals surface area contributed by atoms with Crippen LogP contribution in [0.2, 0.25) is 0 Å². The molecule has 1 unspecified atom stereocenters. The van der Waals surface area contributed by atoms with E-state index < -0.39 is 0 Å². The predicted molar refractivity (Wildman–Crippen MR) is 135 cm³/mol. The van der Waals surface area contributed by atoms with Gasteiger partial charge in [0, 0.05) is 43.6 Å². The number of ether oxygens (including phenoxy) is 2. The molecule has 1 aromatic rings. The summed E-state index contributed by atoms with van der Waals surface area (Å²) < 4.78 is 11.8. The lowest BCUT2D eigenvalue weighted by molar-refractivity contribution is -0.0367. The van der Waals surface area contributed by atoms with Gasteiger partial charge in [-0.25, -0.2) is 0 Å². The van der Waals surface area contributed by atoms with Crippen molar-refractivity contribution in [1.29, 1.82) is 0 Å². The van der Waals surface area contributed by atoms with Crippen LogP contribution >= 0.6 is 35.3 Å².